The summed E-state index contributed by atoms with van der Waals surface area (Å²) in [5.41, 5.74) is 0.0731. The number of aliphatic hydroxyl groups is 1. The Bertz CT molecular complexity index is 206. The molecule has 0 aromatic rings. The van der Waals surface area contributed by atoms with Gasteiger partial charge in [0.05, 0.1) is 12.7 Å². The second-order valence-corrected chi connectivity index (χ2v) is 5.36. The quantitative estimate of drug-likeness (QED) is 0.706. The largest absolute Gasteiger partial charge is 0.391 e. The first-order valence-electron chi connectivity index (χ1n) is 6.52. The highest BCUT2D eigenvalue weighted by molar-refractivity contribution is 4.96. The average molecular weight is 229 g/mol. The van der Waals surface area contributed by atoms with E-state index in [-0.39, 0.29) is 11.5 Å². The Morgan fingerprint density at radius 3 is 2.50 bits per heavy atom. The number of aliphatic hydroxyl groups excluding tert-OH is 1. The van der Waals surface area contributed by atoms with E-state index in [0.717, 1.165) is 39.1 Å². The molecule has 0 bridgehead atoms. The monoisotopic (exact) mass is 229 g/mol. The molecule has 96 valence electrons. The standard InChI is InChI=1S/C13H27NO2/c1-5-14(9-10-16-6-2)11-7-8-13(3,4)12(11)15/h11-12,15H,5-10H2,1-4H3. The van der Waals surface area contributed by atoms with E-state index in [1.165, 1.54) is 0 Å². The van der Waals surface area contributed by atoms with Gasteiger partial charge in [0.1, 0.15) is 0 Å². The van der Waals surface area contributed by atoms with E-state index in [1.807, 2.05) is 6.92 Å². The molecular weight excluding hydrogens is 202 g/mol. The van der Waals surface area contributed by atoms with E-state index in [4.69, 9.17) is 4.74 Å². The molecule has 0 aromatic carbocycles. The van der Waals surface area contributed by atoms with Crippen LogP contribution in [0.1, 0.15) is 40.5 Å². The van der Waals surface area contributed by atoms with E-state index in [1.54, 1.807) is 0 Å². The van der Waals surface area contributed by atoms with Gasteiger partial charge in [-0.3, -0.25) is 4.90 Å². The molecule has 0 saturated heterocycles. The third kappa shape index (κ3) is 3.19. The molecule has 0 heterocycles. The average Bonchev–Trinajstić information content (AvgIpc) is 2.51. The summed E-state index contributed by atoms with van der Waals surface area (Å²) in [4.78, 5) is 2.36. The smallest absolute Gasteiger partial charge is 0.0746 e. The second kappa shape index (κ2) is 5.99. The van der Waals surface area contributed by atoms with Gasteiger partial charge in [0.15, 0.2) is 0 Å². The highest BCUT2D eigenvalue weighted by atomic mass is 16.5. The number of hydrogen-bond donors (Lipinski definition) is 1. The zero-order valence-corrected chi connectivity index (χ0v) is 11.2. The maximum Gasteiger partial charge on any atom is 0.0746 e. The maximum atomic E-state index is 10.3. The first-order valence-corrected chi connectivity index (χ1v) is 6.52. The summed E-state index contributed by atoms with van der Waals surface area (Å²) < 4.78 is 5.39. The van der Waals surface area contributed by atoms with Gasteiger partial charge in [-0.1, -0.05) is 20.8 Å². The van der Waals surface area contributed by atoms with Gasteiger partial charge in [0, 0.05) is 19.2 Å². The van der Waals surface area contributed by atoms with Gasteiger partial charge in [-0.05, 0) is 31.7 Å². The lowest BCUT2D eigenvalue weighted by Gasteiger charge is -2.33. The highest BCUT2D eigenvalue weighted by Gasteiger charge is 2.42. The van der Waals surface area contributed by atoms with Gasteiger partial charge in [-0.15, -0.1) is 0 Å². The normalized spacial score (nSPS) is 28.9. The maximum absolute atomic E-state index is 10.3. The molecule has 1 rings (SSSR count). The molecule has 3 heteroatoms. The molecule has 1 saturated carbocycles. The number of rotatable bonds is 6. The Labute approximate surface area is 99.8 Å². The number of hydrogen-bond acceptors (Lipinski definition) is 3. The van der Waals surface area contributed by atoms with Crippen LogP contribution in [0.3, 0.4) is 0 Å². The van der Waals surface area contributed by atoms with Gasteiger partial charge in [0.25, 0.3) is 0 Å². The van der Waals surface area contributed by atoms with Crippen LogP contribution in [0, 0.1) is 5.41 Å². The molecule has 0 amide bonds. The number of ether oxygens (including phenoxy) is 1. The van der Waals surface area contributed by atoms with Crippen LogP contribution < -0.4 is 0 Å². The van der Waals surface area contributed by atoms with Crippen LogP contribution >= 0.6 is 0 Å². The zero-order chi connectivity index (χ0) is 12.2. The molecule has 0 aromatic heterocycles. The van der Waals surface area contributed by atoms with Gasteiger partial charge in [0.2, 0.25) is 0 Å². The summed E-state index contributed by atoms with van der Waals surface area (Å²) in [6, 6.07) is 0.320. The fourth-order valence-corrected chi connectivity index (χ4v) is 2.61. The Morgan fingerprint density at radius 2 is 2.06 bits per heavy atom. The van der Waals surface area contributed by atoms with E-state index in [9.17, 15) is 5.11 Å². The van der Waals surface area contributed by atoms with Crippen molar-refractivity contribution in [2.45, 2.75) is 52.7 Å². The molecule has 1 aliphatic rings. The lowest BCUT2D eigenvalue weighted by molar-refractivity contribution is 0.00585. The third-order valence-electron chi connectivity index (χ3n) is 3.85. The molecule has 2 atom stereocenters. The molecule has 0 spiro atoms. The lowest BCUT2D eigenvalue weighted by Crippen LogP contribution is -2.45. The van der Waals surface area contributed by atoms with Crippen molar-refractivity contribution < 1.29 is 9.84 Å². The van der Waals surface area contributed by atoms with Crippen molar-refractivity contribution in [3.8, 4) is 0 Å². The van der Waals surface area contributed by atoms with Crippen molar-refractivity contribution in [1.82, 2.24) is 4.90 Å². The minimum Gasteiger partial charge on any atom is -0.391 e. The van der Waals surface area contributed by atoms with Gasteiger partial charge in [-0.25, -0.2) is 0 Å². The summed E-state index contributed by atoms with van der Waals surface area (Å²) in [7, 11) is 0. The Balaban J connectivity index is 2.47. The molecule has 2 unspecified atom stereocenters. The minimum atomic E-state index is -0.200. The van der Waals surface area contributed by atoms with E-state index >= 15 is 0 Å². The fourth-order valence-electron chi connectivity index (χ4n) is 2.61. The second-order valence-electron chi connectivity index (χ2n) is 5.36. The first-order chi connectivity index (χ1) is 7.53. The van der Waals surface area contributed by atoms with Gasteiger partial charge in [-0.2, -0.15) is 0 Å². The van der Waals surface area contributed by atoms with Crippen molar-refractivity contribution in [2.24, 2.45) is 5.41 Å². The first kappa shape index (κ1) is 13.9. The van der Waals surface area contributed by atoms with Crippen LogP contribution in [0.4, 0.5) is 0 Å². The van der Waals surface area contributed by atoms with E-state index in [0.29, 0.717) is 6.04 Å². The Hall–Kier alpha value is -0.120. The van der Waals surface area contributed by atoms with Crippen LogP contribution in [0.2, 0.25) is 0 Å². The summed E-state index contributed by atoms with van der Waals surface area (Å²) >= 11 is 0. The molecule has 0 radical (unpaired) electrons. The number of likely N-dealkylation sites (N-methyl/N-ethyl adjacent to an activating group) is 1. The van der Waals surface area contributed by atoms with Crippen molar-refractivity contribution >= 4 is 0 Å². The van der Waals surface area contributed by atoms with Crippen LogP contribution in [0.5, 0.6) is 0 Å². The summed E-state index contributed by atoms with van der Waals surface area (Å²) in [6.07, 6.45) is 2.02. The molecular formula is C13H27NO2. The Morgan fingerprint density at radius 1 is 1.38 bits per heavy atom. The fraction of sp³-hybridized carbons (Fsp3) is 1.00. The summed E-state index contributed by atoms with van der Waals surface area (Å²) in [5, 5.41) is 10.3. The van der Waals surface area contributed by atoms with Crippen molar-refractivity contribution in [1.29, 1.82) is 0 Å². The van der Waals surface area contributed by atoms with Crippen LogP contribution in [-0.2, 0) is 4.74 Å². The molecule has 16 heavy (non-hydrogen) atoms. The summed E-state index contributed by atoms with van der Waals surface area (Å²) in [6.45, 7) is 12.0. The zero-order valence-electron chi connectivity index (χ0n) is 11.2. The Kier molecular flexibility index (Phi) is 5.22. The van der Waals surface area contributed by atoms with E-state index in [2.05, 4.69) is 25.7 Å². The molecule has 0 aliphatic heterocycles. The summed E-state index contributed by atoms with van der Waals surface area (Å²) in [5.74, 6) is 0. The predicted octanol–water partition coefficient (Wildman–Crippen LogP) is 1.89. The van der Waals surface area contributed by atoms with Crippen molar-refractivity contribution in [3.63, 3.8) is 0 Å². The third-order valence-corrected chi connectivity index (χ3v) is 3.85. The topological polar surface area (TPSA) is 32.7 Å². The SMILES string of the molecule is CCOCCN(CC)C1CCC(C)(C)C1O. The van der Waals surface area contributed by atoms with Gasteiger partial charge < -0.3 is 9.84 Å². The van der Waals surface area contributed by atoms with Gasteiger partial charge >= 0.3 is 0 Å². The van der Waals surface area contributed by atoms with Crippen LogP contribution in [-0.4, -0.2) is 48.5 Å². The number of nitrogens with zero attached hydrogens (tertiary/aromatic N) is 1. The minimum absolute atomic E-state index is 0.0731. The predicted molar refractivity (Wildman–Crippen MR) is 66.5 cm³/mol. The lowest BCUT2D eigenvalue weighted by atomic mass is 9.88. The van der Waals surface area contributed by atoms with Crippen molar-refractivity contribution in [2.75, 3.05) is 26.3 Å². The van der Waals surface area contributed by atoms with Crippen LogP contribution in [0.15, 0.2) is 0 Å². The molecule has 1 aliphatic carbocycles. The van der Waals surface area contributed by atoms with Crippen LogP contribution in [0.25, 0.3) is 0 Å². The molecule has 1 fully saturated rings. The molecule has 1 N–H and O–H groups in total. The highest BCUT2D eigenvalue weighted by Crippen LogP contribution is 2.39. The molecule has 3 nitrogen and oxygen atoms in total. The van der Waals surface area contributed by atoms with E-state index < -0.39 is 0 Å². The van der Waals surface area contributed by atoms with Crippen molar-refractivity contribution in [3.05, 3.63) is 0 Å².